The topological polar surface area (TPSA) is 57.4 Å². The minimum Gasteiger partial charge on any atom is -0.490 e. The number of para-hydroxylation sites is 1. The molecule has 0 fully saturated rings. The normalized spacial score (nSPS) is 10.6. The molecular weight excluding hydrogens is 367 g/mol. The number of rotatable bonds is 8. The van der Waals surface area contributed by atoms with Gasteiger partial charge in [-0.1, -0.05) is 35.5 Å². The molecule has 0 amide bonds. The molecule has 0 N–H and O–H groups in total. The lowest BCUT2D eigenvalue weighted by molar-refractivity contribution is 0.252. The van der Waals surface area contributed by atoms with Gasteiger partial charge in [-0.2, -0.15) is 0 Å². The van der Waals surface area contributed by atoms with E-state index in [1.165, 1.54) is 17.8 Å². The summed E-state index contributed by atoms with van der Waals surface area (Å²) in [6, 6.07) is 13.3. The number of hydrogen-bond donors (Lipinski definition) is 0. The minimum atomic E-state index is -0.382. The zero-order valence-electron chi connectivity index (χ0n) is 13.0. The summed E-state index contributed by atoms with van der Waals surface area (Å²) in [4.78, 5) is 0. The quantitative estimate of drug-likeness (QED) is 0.420. The van der Waals surface area contributed by atoms with Crippen molar-refractivity contribution in [1.82, 2.24) is 10.2 Å². The van der Waals surface area contributed by atoms with Gasteiger partial charge in [-0.15, -0.1) is 10.2 Å². The Morgan fingerprint density at radius 2 is 1.84 bits per heavy atom. The standard InChI is InChI=1S/C17H14ClFN2O3S/c18-12-5-7-13(8-6-12)23-11-16-20-21-17(24-16)25-10-9-22-15-4-2-1-3-14(15)19/h1-8H,9-11H2. The third-order valence-electron chi connectivity index (χ3n) is 3.03. The molecule has 3 aromatic rings. The average molecular weight is 381 g/mol. The van der Waals surface area contributed by atoms with Gasteiger partial charge in [-0.3, -0.25) is 0 Å². The second-order valence-electron chi connectivity index (χ2n) is 4.83. The Labute approximate surface area is 153 Å². The summed E-state index contributed by atoms with van der Waals surface area (Å²) in [5.41, 5.74) is 0. The third kappa shape index (κ3) is 5.37. The fraction of sp³-hybridized carbons (Fsp3) is 0.176. The summed E-state index contributed by atoms with van der Waals surface area (Å²) in [5.74, 6) is 1.42. The molecule has 0 radical (unpaired) electrons. The molecule has 0 aliphatic carbocycles. The van der Waals surface area contributed by atoms with Crippen LogP contribution in [0.4, 0.5) is 4.39 Å². The van der Waals surface area contributed by atoms with Crippen LogP contribution in [0.2, 0.25) is 5.02 Å². The van der Waals surface area contributed by atoms with Crippen molar-refractivity contribution in [3.63, 3.8) is 0 Å². The molecule has 0 aliphatic heterocycles. The van der Waals surface area contributed by atoms with Gasteiger partial charge in [0.2, 0.25) is 0 Å². The van der Waals surface area contributed by atoms with Crippen molar-refractivity contribution in [3.05, 3.63) is 65.3 Å². The molecular formula is C17H14ClFN2O3S. The van der Waals surface area contributed by atoms with E-state index >= 15 is 0 Å². The first-order chi connectivity index (χ1) is 12.2. The van der Waals surface area contributed by atoms with Crippen molar-refractivity contribution in [2.75, 3.05) is 12.4 Å². The molecule has 3 rings (SSSR count). The molecule has 0 unspecified atom stereocenters. The predicted molar refractivity (Wildman–Crippen MR) is 92.7 cm³/mol. The van der Waals surface area contributed by atoms with Crippen LogP contribution in [0.15, 0.2) is 58.2 Å². The second-order valence-corrected chi connectivity index (χ2v) is 6.31. The highest BCUT2D eigenvalue weighted by atomic mass is 35.5. The van der Waals surface area contributed by atoms with E-state index in [-0.39, 0.29) is 18.2 Å². The first-order valence-electron chi connectivity index (χ1n) is 7.41. The Morgan fingerprint density at radius 1 is 1.04 bits per heavy atom. The number of ether oxygens (including phenoxy) is 2. The van der Waals surface area contributed by atoms with Crippen LogP contribution in [-0.4, -0.2) is 22.6 Å². The van der Waals surface area contributed by atoms with Gasteiger partial charge >= 0.3 is 0 Å². The molecule has 0 saturated carbocycles. The van der Waals surface area contributed by atoms with E-state index in [4.69, 9.17) is 25.5 Å². The molecule has 5 nitrogen and oxygen atoms in total. The highest BCUT2D eigenvalue weighted by molar-refractivity contribution is 7.99. The summed E-state index contributed by atoms with van der Waals surface area (Å²) in [5, 5.41) is 8.88. The molecule has 0 spiro atoms. The maximum absolute atomic E-state index is 13.4. The molecule has 130 valence electrons. The summed E-state index contributed by atoms with van der Waals surface area (Å²) < 4.78 is 29.7. The van der Waals surface area contributed by atoms with Gasteiger partial charge in [-0.05, 0) is 36.4 Å². The third-order valence-corrected chi connectivity index (χ3v) is 4.06. The number of aromatic nitrogens is 2. The summed E-state index contributed by atoms with van der Waals surface area (Å²) in [6.45, 7) is 0.492. The van der Waals surface area contributed by atoms with Crippen molar-refractivity contribution in [3.8, 4) is 11.5 Å². The smallest absolute Gasteiger partial charge is 0.276 e. The van der Waals surface area contributed by atoms with Crippen molar-refractivity contribution < 1.29 is 18.3 Å². The van der Waals surface area contributed by atoms with Crippen molar-refractivity contribution in [2.24, 2.45) is 0 Å². The van der Waals surface area contributed by atoms with E-state index in [2.05, 4.69) is 10.2 Å². The van der Waals surface area contributed by atoms with E-state index in [1.807, 2.05) is 0 Å². The predicted octanol–water partition coefficient (Wildman–Crippen LogP) is 4.61. The molecule has 2 aromatic carbocycles. The summed E-state index contributed by atoms with van der Waals surface area (Å²) >= 11 is 7.14. The van der Waals surface area contributed by atoms with Gasteiger partial charge in [0.05, 0.1) is 6.61 Å². The summed E-state index contributed by atoms with van der Waals surface area (Å²) in [7, 11) is 0. The van der Waals surface area contributed by atoms with Crippen LogP contribution in [-0.2, 0) is 6.61 Å². The fourth-order valence-electron chi connectivity index (χ4n) is 1.87. The second kappa shape index (κ2) is 8.73. The van der Waals surface area contributed by atoms with Gasteiger partial charge in [0.1, 0.15) is 5.75 Å². The van der Waals surface area contributed by atoms with Gasteiger partial charge in [0.15, 0.2) is 18.2 Å². The van der Waals surface area contributed by atoms with E-state index in [9.17, 15) is 4.39 Å². The van der Waals surface area contributed by atoms with Crippen LogP contribution in [0.3, 0.4) is 0 Å². The first kappa shape index (κ1) is 17.6. The molecule has 0 bridgehead atoms. The largest absolute Gasteiger partial charge is 0.490 e. The summed E-state index contributed by atoms with van der Waals surface area (Å²) in [6.07, 6.45) is 0. The minimum absolute atomic E-state index is 0.168. The number of nitrogens with zero attached hydrogens (tertiary/aromatic N) is 2. The zero-order valence-corrected chi connectivity index (χ0v) is 14.6. The lowest BCUT2D eigenvalue weighted by atomic mass is 10.3. The van der Waals surface area contributed by atoms with Gasteiger partial charge in [-0.25, -0.2) is 4.39 Å². The monoisotopic (exact) mass is 380 g/mol. The lowest BCUT2D eigenvalue weighted by Crippen LogP contribution is -2.01. The first-order valence-corrected chi connectivity index (χ1v) is 8.78. The SMILES string of the molecule is Fc1ccccc1OCCSc1nnc(COc2ccc(Cl)cc2)o1. The molecule has 1 heterocycles. The maximum Gasteiger partial charge on any atom is 0.276 e. The number of halogens is 2. The lowest BCUT2D eigenvalue weighted by Gasteiger charge is -2.05. The van der Waals surface area contributed by atoms with Crippen LogP contribution in [0.25, 0.3) is 0 Å². The van der Waals surface area contributed by atoms with E-state index in [0.29, 0.717) is 34.2 Å². The number of hydrogen-bond acceptors (Lipinski definition) is 6. The maximum atomic E-state index is 13.4. The van der Waals surface area contributed by atoms with Crippen molar-refractivity contribution >= 4 is 23.4 Å². The Hall–Kier alpha value is -2.25. The van der Waals surface area contributed by atoms with Gasteiger partial charge < -0.3 is 13.9 Å². The highest BCUT2D eigenvalue weighted by Crippen LogP contribution is 2.20. The Bertz CT molecular complexity index is 814. The van der Waals surface area contributed by atoms with Crippen molar-refractivity contribution in [2.45, 2.75) is 11.8 Å². The van der Waals surface area contributed by atoms with E-state index < -0.39 is 0 Å². The molecule has 1 aromatic heterocycles. The van der Waals surface area contributed by atoms with Gasteiger partial charge in [0.25, 0.3) is 11.1 Å². The van der Waals surface area contributed by atoms with Crippen LogP contribution in [0.5, 0.6) is 11.5 Å². The Kier molecular flexibility index (Phi) is 6.14. The van der Waals surface area contributed by atoms with Gasteiger partial charge in [0, 0.05) is 10.8 Å². The highest BCUT2D eigenvalue weighted by Gasteiger charge is 2.08. The molecule has 0 saturated heterocycles. The van der Waals surface area contributed by atoms with Crippen LogP contribution in [0, 0.1) is 5.82 Å². The molecule has 0 aliphatic rings. The zero-order chi connectivity index (χ0) is 17.5. The number of thioether (sulfide) groups is 1. The fourth-order valence-corrected chi connectivity index (χ4v) is 2.59. The van der Waals surface area contributed by atoms with E-state index in [0.717, 1.165) is 0 Å². The molecule has 25 heavy (non-hydrogen) atoms. The molecule has 0 atom stereocenters. The average Bonchev–Trinajstić information content (AvgIpc) is 3.07. The van der Waals surface area contributed by atoms with Crippen molar-refractivity contribution in [1.29, 1.82) is 0 Å². The Balaban J connectivity index is 1.41. The van der Waals surface area contributed by atoms with Crippen LogP contribution >= 0.6 is 23.4 Å². The van der Waals surface area contributed by atoms with E-state index in [1.54, 1.807) is 42.5 Å². The molecule has 8 heteroatoms. The van der Waals surface area contributed by atoms with Crippen LogP contribution in [0.1, 0.15) is 5.89 Å². The Morgan fingerprint density at radius 3 is 2.64 bits per heavy atom. The number of benzene rings is 2. The van der Waals surface area contributed by atoms with Crippen LogP contribution < -0.4 is 9.47 Å².